The first-order valence-corrected chi connectivity index (χ1v) is 7.32. The van der Waals surface area contributed by atoms with Gasteiger partial charge in [0.2, 0.25) is 0 Å². The van der Waals surface area contributed by atoms with Crippen molar-refractivity contribution in [2.45, 2.75) is 45.6 Å². The molecule has 0 saturated heterocycles. The van der Waals surface area contributed by atoms with Crippen molar-refractivity contribution in [3.8, 4) is 5.75 Å². The monoisotopic (exact) mass is 265 g/mol. The molecule has 0 spiro atoms. The molecule has 0 aliphatic rings. The maximum absolute atomic E-state index is 8.68. The van der Waals surface area contributed by atoms with Gasteiger partial charge in [0.1, 0.15) is 5.75 Å². The summed E-state index contributed by atoms with van der Waals surface area (Å²) in [4.78, 5) is 0. The molecular weight excluding hydrogens is 238 g/mol. The third-order valence-electron chi connectivity index (χ3n) is 3.03. The van der Waals surface area contributed by atoms with E-state index in [0.29, 0.717) is 12.6 Å². The molecule has 0 bridgehead atoms. The van der Waals surface area contributed by atoms with Crippen LogP contribution in [0.2, 0.25) is 0 Å². The molecule has 0 aliphatic heterocycles. The third kappa shape index (κ3) is 7.19. The molecular formula is C16H27NO2. The second kappa shape index (κ2) is 9.82. The van der Waals surface area contributed by atoms with E-state index in [4.69, 9.17) is 9.84 Å². The number of benzene rings is 1. The summed E-state index contributed by atoms with van der Waals surface area (Å²) in [7, 11) is 0. The average Bonchev–Trinajstić information content (AvgIpc) is 2.43. The fourth-order valence-electron chi connectivity index (χ4n) is 1.94. The van der Waals surface area contributed by atoms with Crippen LogP contribution in [0.5, 0.6) is 5.75 Å². The first-order chi connectivity index (χ1) is 9.26. The van der Waals surface area contributed by atoms with E-state index in [1.54, 1.807) is 0 Å². The highest BCUT2D eigenvalue weighted by atomic mass is 16.5. The van der Waals surface area contributed by atoms with Crippen molar-refractivity contribution in [1.82, 2.24) is 5.32 Å². The lowest BCUT2D eigenvalue weighted by atomic mass is 10.1. The van der Waals surface area contributed by atoms with Crippen LogP contribution in [0.3, 0.4) is 0 Å². The zero-order chi connectivity index (χ0) is 13.9. The molecule has 0 saturated carbocycles. The van der Waals surface area contributed by atoms with Gasteiger partial charge >= 0.3 is 0 Å². The molecule has 3 nitrogen and oxygen atoms in total. The van der Waals surface area contributed by atoms with Gasteiger partial charge in [-0.25, -0.2) is 0 Å². The summed E-state index contributed by atoms with van der Waals surface area (Å²) in [6.45, 7) is 6.39. The molecule has 3 heteroatoms. The Morgan fingerprint density at radius 3 is 2.58 bits per heavy atom. The minimum atomic E-state index is 0.241. The quantitative estimate of drug-likeness (QED) is 0.639. The number of ether oxygens (including phenoxy) is 1. The van der Waals surface area contributed by atoms with Crippen molar-refractivity contribution in [3.05, 3.63) is 29.8 Å². The van der Waals surface area contributed by atoms with Crippen LogP contribution in [0.25, 0.3) is 0 Å². The van der Waals surface area contributed by atoms with Crippen molar-refractivity contribution in [2.75, 3.05) is 19.8 Å². The Kier molecular flexibility index (Phi) is 8.26. The molecule has 0 aliphatic carbocycles. The van der Waals surface area contributed by atoms with Gasteiger partial charge in [-0.05, 0) is 56.8 Å². The third-order valence-corrected chi connectivity index (χ3v) is 3.03. The van der Waals surface area contributed by atoms with E-state index in [0.717, 1.165) is 31.6 Å². The Bertz CT molecular complexity index is 324. The number of nitrogens with one attached hydrogen (secondary N) is 1. The summed E-state index contributed by atoms with van der Waals surface area (Å²) in [5, 5.41) is 12.2. The molecule has 0 heterocycles. The minimum absolute atomic E-state index is 0.241. The van der Waals surface area contributed by atoms with E-state index in [1.165, 1.54) is 12.0 Å². The number of hydrogen-bond acceptors (Lipinski definition) is 3. The Hall–Kier alpha value is -1.06. The normalized spacial score (nSPS) is 12.4. The Morgan fingerprint density at radius 2 is 1.95 bits per heavy atom. The first kappa shape index (κ1) is 16.0. The van der Waals surface area contributed by atoms with E-state index in [1.807, 2.05) is 12.1 Å². The van der Waals surface area contributed by atoms with Gasteiger partial charge in [0, 0.05) is 12.6 Å². The minimum Gasteiger partial charge on any atom is -0.494 e. The van der Waals surface area contributed by atoms with Crippen LogP contribution >= 0.6 is 0 Å². The van der Waals surface area contributed by atoms with E-state index >= 15 is 0 Å². The highest BCUT2D eigenvalue weighted by Crippen LogP contribution is 2.14. The van der Waals surface area contributed by atoms with Crippen molar-refractivity contribution in [3.63, 3.8) is 0 Å². The van der Waals surface area contributed by atoms with Gasteiger partial charge in [-0.2, -0.15) is 0 Å². The number of hydrogen-bond donors (Lipinski definition) is 2. The highest BCUT2D eigenvalue weighted by Gasteiger charge is 2.02. The van der Waals surface area contributed by atoms with Gasteiger partial charge in [-0.15, -0.1) is 0 Å². The van der Waals surface area contributed by atoms with Gasteiger partial charge < -0.3 is 15.2 Å². The van der Waals surface area contributed by atoms with E-state index in [-0.39, 0.29) is 6.61 Å². The molecule has 108 valence electrons. The molecule has 2 N–H and O–H groups in total. The number of rotatable bonds is 10. The lowest BCUT2D eigenvalue weighted by Gasteiger charge is -2.13. The van der Waals surface area contributed by atoms with Crippen LogP contribution in [0.4, 0.5) is 0 Å². The maximum Gasteiger partial charge on any atom is 0.119 e. The molecule has 1 rings (SSSR count). The van der Waals surface area contributed by atoms with E-state index in [9.17, 15) is 0 Å². The molecule has 1 aromatic rings. The standard InChI is InChI=1S/C16H27NO2/c1-3-10-17-14(2)13-15-6-8-16(9-7-15)19-12-5-4-11-18/h6-9,14,17-18H,3-5,10-13H2,1-2H3. The fourth-order valence-corrected chi connectivity index (χ4v) is 1.94. The van der Waals surface area contributed by atoms with Crippen LogP contribution in [0.15, 0.2) is 24.3 Å². The Balaban J connectivity index is 2.30. The summed E-state index contributed by atoms with van der Waals surface area (Å²) >= 11 is 0. The van der Waals surface area contributed by atoms with Crippen molar-refractivity contribution in [1.29, 1.82) is 0 Å². The van der Waals surface area contributed by atoms with Crippen LogP contribution in [-0.2, 0) is 6.42 Å². The van der Waals surface area contributed by atoms with Gasteiger partial charge in [0.25, 0.3) is 0 Å². The molecule has 0 aromatic heterocycles. The van der Waals surface area contributed by atoms with Gasteiger partial charge in [0.05, 0.1) is 6.61 Å². The van der Waals surface area contributed by atoms with Crippen LogP contribution in [-0.4, -0.2) is 30.9 Å². The Labute approximate surface area is 117 Å². The first-order valence-electron chi connectivity index (χ1n) is 7.32. The zero-order valence-corrected chi connectivity index (χ0v) is 12.2. The summed E-state index contributed by atoms with van der Waals surface area (Å²) in [5.74, 6) is 0.913. The lowest BCUT2D eigenvalue weighted by Crippen LogP contribution is -2.28. The molecule has 0 radical (unpaired) electrons. The number of aliphatic hydroxyl groups is 1. The van der Waals surface area contributed by atoms with E-state index < -0.39 is 0 Å². The average molecular weight is 265 g/mol. The molecule has 1 aromatic carbocycles. The van der Waals surface area contributed by atoms with Crippen LogP contribution in [0.1, 0.15) is 38.7 Å². The summed E-state index contributed by atoms with van der Waals surface area (Å²) < 4.78 is 5.61. The topological polar surface area (TPSA) is 41.5 Å². The largest absolute Gasteiger partial charge is 0.494 e. The number of unbranched alkanes of at least 4 members (excludes halogenated alkanes) is 1. The predicted octanol–water partition coefficient (Wildman–Crippen LogP) is 2.77. The Morgan fingerprint density at radius 1 is 1.21 bits per heavy atom. The molecule has 1 unspecified atom stereocenters. The van der Waals surface area contributed by atoms with Crippen molar-refractivity contribution >= 4 is 0 Å². The van der Waals surface area contributed by atoms with Crippen LogP contribution < -0.4 is 10.1 Å². The molecule has 0 fully saturated rings. The zero-order valence-electron chi connectivity index (χ0n) is 12.2. The summed E-state index contributed by atoms with van der Waals surface area (Å²) in [6.07, 6.45) is 3.92. The maximum atomic E-state index is 8.68. The fraction of sp³-hybridized carbons (Fsp3) is 0.625. The van der Waals surface area contributed by atoms with Crippen molar-refractivity contribution < 1.29 is 9.84 Å². The summed E-state index contributed by atoms with van der Waals surface area (Å²) in [6, 6.07) is 8.83. The van der Waals surface area contributed by atoms with Crippen LogP contribution in [0, 0.1) is 0 Å². The molecule has 19 heavy (non-hydrogen) atoms. The van der Waals surface area contributed by atoms with E-state index in [2.05, 4.69) is 31.3 Å². The predicted molar refractivity (Wildman–Crippen MR) is 79.7 cm³/mol. The smallest absolute Gasteiger partial charge is 0.119 e. The second-order valence-corrected chi connectivity index (χ2v) is 4.98. The summed E-state index contributed by atoms with van der Waals surface area (Å²) in [5.41, 5.74) is 1.33. The van der Waals surface area contributed by atoms with Crippen molar-refractivity contribution in [2.24, 2.45) is 0 Å². The van der Waals surface area contributed by atoms with Gasteiger partial charge in [-0.3, -0.25) is 0 Å². The SMILES string of the molecule is CCCNC(C)Cc1ccc(OCCCCO)cc1. The molecule has 0 amide bonds. The highest BCUT2D eigenvalue weighted by molar-refractivity contribution is 5.27. The van der Waals surface area contributed by atoms with Gasteiger partial charge in [0.15, 0.2) is 0 Å². The molecule has 1 atom stereocenters. The van der Waals surface area contributed by atoms with Gasteiger partial charge in [-0.1, -0.05) is 19.1 Å². The second-order valence-electron chi connectivity index (χ2n) is 4.98. The number of aliphatic hydroxyl groups excluding tert-OH is 1. The lowest BCUT2D eigenvalue weighted by molar-refractivity contribution is 0.253.